The number of fused-ring (bicyclic) bond motifs is 1. The number of hydrogen-bond acceptors (Lipinski definition) is 5. The molecule has 2 aromatic rings. The molecule has 6 nitrogen and oxygen atoms in total. The van der Waals surface area contributed by atoms with Crippen LogP contribution in [-0.4, -0.2) is 50.2 Å². The maximum atomic E-state index is 13.3. The van der Waals surface area contributed by atoms with Crippen molar-refractivity contribution in [1.82, 2.24) is 4.90 Å². The number of nitrogens with one attached hydrogen (secondary N) is 2. The zero-order chi connectivity index (χ0) is 17.9. The molecule has 0 radical (unpaired) electrons. The van der Waals surface area contributed by atoms with Crippen LogP contribution in [0.5, 0.6) is 0 Å². The third kappa shape index (κ3) is 3.59. The van der Waals surface area contributed by atoms with E-state index in [4.69, 9.17) is 9.15 Å². The van der Waals surface area contributed by atoms with Crippen LogP contribution in [0.15, 0.2) is 34.9 Å². The minimum atomic E-state index is -0.533. The van der Waals surface area contributed by atoms with E-state index in [1.807, 2.05) is 6.07 Å². The molecule has 4 rings (SSSR count). The number of benzene rings is 1. The van der Waals surface area contributed by atoms with Gasteiger partial charge in [0.2, 0.25) is 5.91 Å². The lowest BCUT2D eigenvalue weighted by atomic mass is 9.98. The number of hydrogen-bond donors (Lipinski definition) is 2. The average molecular weight is 359 g/mol. The van der Waals surface area contributed by atoms with Crippen LogP contribution >= 0.6 is 0 Å². The summed E-state index contributed by atoms with van der Waals surface area (Å²) in [5.74, 6) is -0.538. The van der Waals surface area contributed by atoms with Crippen molar-refractivity contribution in [3.05, 3.63) is 47.7 Å². The van der Waals surface area contributed by atoms with Gasteiger partial charge in [-0.25, -0.2) is 4.39 Å². The van der Waals surface area contributed by atoms with Gasteiger partial charge in [0.1, 0.15) is 23.8 Å². The van der Waals surface area contributed by atoms with Crippen LogP contribution in [0.3, 0.4) is 0 Å². The van der Waals surface area contributed by atoms with E-state index in [9.17, 15) is 9.18 Å². The molecule has 1 atom stereocenters. The molecular formula is C19H22FN3O3. The molecule has 0 spiro atoms. The number of nitrogens with zero attached hydrogens (tertiary/aromatic N) is 1. The number of morpholine rings is 1. The Morgan fingerprint density at radius 1 is 1.27 bits per heavy atom. The predicted molar refractivity (Wildman–Crippen MR) is 95.9 cm³/mol. The molecule has 7 heteroatoms. The van der Waals surface area contributed by atoms with Gasteiger partial charge in [-0.3, -0.25) is 9.69 Å². The molecule has 2 aliphatic heterocycles. The highest BCUT2D eigenvalue weighted by atomic mass is 19.1. The molecule has 3 heterocycles. The minimum Gasteiger partial charge on any atom is -0.466 e. The molecule has 0 aliphatic carbocycles. The molecular weight excluding hydrogens is 337 g/mol. The van der Waals surface area contributed by atoms with Crippen molar-refractivity contribution >= 4 is 17.3 Å². The Kier molecular flexibility index (Phi) is 4.90. The van der Waals surface area contributed by atoms with Crippen molar-refractivity contribution in [3.63, 3.8) is 0 Å². The molecule has 2 N–H and O–H groups in total. The van der Waals surface area contributed by atoms with E-state index >= 15 is 0 Å². The van der Waals surface area contributed by atoms with Crippen molar-refractivity contribution in [2.45, 2.75) is 12.3 Å². The van der Waals surface area contributed by atoms with Gasteiger partial charge in [0.15, 0.2) is 0 Å². The normalized spacial score (nSPS) is 20.0. The second-order valence-corrected chi connectivity index (χ2v) is 6.63. The fraction of sp³-hybridized carbons (Fsp3) is 0.421. The van der Waals surface area contributed by atoms with Crippen molar-refractivity contribution in [2.75, 3.05) is 50.0 Å². The smallest absolute Gasteiger partial charge is 0.239 e. The summed E-state index contributed by atoms with van der Waals surface area (Å²) in [4.78, 5) is 14.7. The van der Waals surface area contributed by atoms with Crippen molar-refractivity contribution in [2.24, 2.45) is 0 Å². The van der Waals surface area contributed by atoms with Crippen LogP contribution in [-0.2, 0) is 9.53 Å². The third-order valence-electron chi connectivity index (χ3n) is 4.83. The second-order valence-electron chi connectivity index (χ2n) is 6.63. The predicted octanol–water partition coefficient (Wildman–Crippen LogP) is 2.64. The first-order valence-electron chi connectivity index (χ1n) is 8.93. The fourth-order valence-corrected chi connectivity index (χ4v) is 3.47. The minimum absolute atomic E-state index is 0.196. The monoisotopic (exact) mass is 359 g/mol. The Labute approximate surface area is 151 Å². The van der Waals surface area contributed by atoms with E-state index in [-0.39, 0.29) is 11.7 Å². The molecule has 1 aromatic carbocycles. The van der Waals surface area contributed by atoms with Gasteiger partial charge in [0.05, 0.1) is 18.9 Å². The number of furan rings is 1. The lowest BCUT2D eigenvalue weighted by Gasteiger charge is -2.26. The van der Waals surface area contributed by atoms with Crippen LogP contribution in [0.25, 0.3) is 0 Å². The number of anilines is 2. The lowest BCUT2D eigenvalue weighted by Crippen LogP contribution is -2.37. The molecule has 1 fully saturated rings. The SMILES string of the molecule is O=C1Nc2cc(F)ccc2C1c1cc(NCCCN2CCOCC2)co1. The first-order chi connectivity index (χ1) is 12.7. The number of rotatable bonds is 6. The summed E-state index contributed by atoms with van der Waals surface area (Å²) in [5, 5.41) is 6.04. The first kappa shape index (κ1) is 17.1. The van der Waals surface area contributed by atoms with E-state index in [0.717, 1.165) is 57.1 Å². The Morgan fingerprint density at radius 2 is 2.12 bits per heavy atom. The van der Waals surface area contributed by atoms with Crippen LogP contribution in [0.2, 0.25) is 0 Å². The van der Waals surface area contributed by atoms with Crippen LogP contribution in [0.4, 0.5) is 15.8 Å². The molecule has 0 bridgehead atoms. The van der Waals surface area contributed by atoms with Crippen molar-refractivity contribution in [1.29, 1.82) is 0 Å². The van der Waals surface area contributed by atoms with Gasteiger partial charge >= 0.3 is 0 Å². The first-order valence-corrected chi connectivity index (χ1v) is 8.93. The Hall–Kier alpha value is -2.38. The Bertz CT molecular complexity index is 786. The summed E-state index contributed by atoms with van der Waals surface area (Å²) in [5.41, 5.74) is 2.10. The fourth-order valence-electron chi connectivity index (χ4n) is 3.47. The van der Waals surface area contributed by atoms with Crippen molar-refractivity contribution < 1.29 is 18.3 Å². The van der Waals surface area contributed by atoms with Gasteiger partial charge in [0.25, 0.3) is 0 Å². The Morgan fingerprint density at radius 3 is 2.96 bits per heavy atom. The van der Waals surface area contributed by atoms with E-state index in [1.54, 1.807) is 12.3 Å². The largest absolute Gasteiger partial charge is 0.466 e. The molecule has 1 amide bonds. The maximum absolute atomic E-state index is 13.3. The molecule has 1 unspecified atom stereocenters. The van der Waals surface area contributed by atoms with E-state index in [2.05, 4.69) is 15.5 Å². The highest BCUT2D eigenvalue weighted by molar-refractivity contribution is 6.04. The molecule has 138 valence electrons. The molecule has 2 aliphatic rings. The molecule has 1 saturated heterocycles. The van der Waals surface area contributed by atoms with Gasteiger partial charge in [-0.15, -0.1) is 0 Å². The van der Waals surface area contributed by atoms with Crippen LogP contribution < -0.4 is 10.6 Å². The number of carbonyl (C=O) groups is 1. The summed E-state index contributed by atoms with van der Waals surface area (Å²) in [6.07, 6.45) is 2.64. The molecule has 26 heavy (non-hydrogen) atoms. The standard InChI is InChI=1S/C19H22FN3O3/c20-13-2-3-15-16(10-13)22-19(24)18(15)17-11-14(12-26-17)21-4-1-5-23-6-8-25-9-7-23/h2-3,10-12,18,21H,1,4-9H2,(H,22,24). The van der Waals surface area contributed by atoms with Gasteiger partial charge in [0, 0.05) is 31.4 Å². The number of carbonyl (C=O) groups excluding carboxylic acids is 1. The number of amides is 1. The topological polar surface area (TPSA) is 66.7 Å². The molecule has 0 saturated carbocycles. The number of ether oxygens (including phenoxy) is 1. The lowest BCUT2D eigenvalue weighted by molar-refractivity contribution is -0.116. The highest BCUT2D eigenvalue weighted by Gasteiger charge is 2.34. The summed E-state index contributed by atoms with van der Waals surface area (Å²) in [6, 6.07) is 6.17. The van der Waals surface area contributed by atoms with Crippen LogP contribution in [0.1, 0.15) is 23.7 Å². The quantitative estimate of drug-likeness (QED) is 0.776. The second kappa shape index (κ2) is 7.47. The van der Waals surface area contributed by atoms with Crippen molar-refractivity contribution in [3.8, 4) is 0 Å². The van der Waals surface area contributed by atoms with Gasteiger partial charge in [-0.05, 0) is 30.7 Å². The summed E-state index contributed by atoms with van der Waals surface area (Å²) in [7, 11) is 0. The van der Waals surface area contributed by atoms with Gasteiger partial charge in [-0.1, -0.05) is 6.07 Å². The van der Waals surface area contributed by atoms with E-state index in [0.29, 0.717) is 11.4 Å². The number of halogens is 1. The van der Waals surface area contributed by atoms with E-state index in [1.165, 1.54) is 12.1 Å². The van der Waals surface area contributed by atoms with Gasteiger partial charge < -0.3 is 19.8 Å². The summed E-state index contributed by atoms with van der Waals surface area (Å²) >= 11 is 0. The van der Waals surface area contributed by atoms with Crippen LogP contribution in [0, 0.1) is 5.82 Å². The Balaban J connectivity index is 1.34. The molecule has 1 aromatic heterocycles. The average Bonchev–Trinajstić information content (AvgIpc) is 3.22. The van der Waals surface area contributed by atoms with Gasteiger partial charge in [-0.2, -0.15) is 0 Å². The maximum Gasteiger partial charge on any atom is 0.239 e. The third-order valence-corrected chi connectivity index (χ3v) is 4.83. The summed E-state index contributed by atoms with van der Waals surface area (Å²) in [6.45, 7) is 5.47. The summed E-state index contributed by atoms with van der Waals surface area (Å²) < 4.78 is 24.3. The van der Waals surface area contributed by atoms with E-state index < -0.39 is 5.92 Å². The zero-order valence-electron chi connectivity index (χ0n) is 14.5. The highest BCUT2D eigenvalue weighted by Crippen LogP contribution is 2.38. The zero-order valence-corrected chi connectivity index (χ0v) is 14.5.